The molecule has 4 rings (SSSR count). The van der Waals surface area contributed by atoms with Crippen LogP contribution >= 0.6 is 0 Å². The highest BCUT2D eigenvalue weighted by molar-refractivity contribution is 6.00. The second-order valence-corrected chi connectivity index (χ2v) is 12.6. The van der Waals surface area contributed by atoms with E-state index >= 15 is 0 Å². The zero-order chi connectivity index (χ0) is 31.5. The molecule has 0 saturated heterocycles. The second kappa shape index (κ2) is 12.9. The van der Waals surface area contributed by atoms with Gasteiger partial charge in [-0.1, -0.05) is 55.5 Å². The monoisotopic (exact) mass is 585 g/mol. The lowest BCUT2D eigenvalue weighted by atomic mass is 9.94. The van der Waals surface area contributed by atoms with Crippen LogP contribution in [0.15, 0.2) is 66.7 Å². The van der Waals surface area contributed by atoms with Gasteiger partial charge in [-0.2, -0.15) is 0 Å². The first-order chi connectivity index (χ1) is 20.2. The zero-order valence-corrected chi connectivity index (χ0v) is 26.1. The van der Waals surface area contributed by atoms with Crippen molar-refractivity contribution >= 4 is 23.6 Å². The summed E-state index contributed by atoms with van der Waals surface area (Å²) in [6.45, 7) is 13.2. The van der Waals surface area contributed by atoms with E-state index in [-0.39, 0.29) is 35.9 Å². The maximum absolute atomic E-state index is 14.7. The molecule has 0 spiro atoms. The fourth-order valence-corrected chi connectivity index (χ4v) is 5.27. The minimum absolute atomic E-state index is 0.100. The number of aryl methyl sites for hydroxylation is 2. The minimum atomic E-state index is -1.02. The van der Waals surface area contributed by atoms with Crippen LogP contribution < -0.4 is 10.6 Å². The van der Waals surface area contributed by atoms with Gasteiger partial charge in [0.25, 0.3) is 5.91 Å². The molecular weight excluding hydrogens is 542 g/mol. The number of benzene rings is 3. The predicted molar refractivity (Wildman–Crippen MR) is 168 cm³/mol. The van der Waals surface area contributed by atoms with Crippen molar-refractivity contribution in [1.29, 1.82) is 0 Å². The van der Waals surface area contributed by atoms with Crippen molar-refractivity contribution in [1.82, 2.24) is 10.2 Å². The number of carbonyl (C=O) groups excluding carboxylic acids is 3. The lowest BCUT2D eigenvalue weighted by Gasteiger charge is -2.36. The number of rotatable bonds is 9. The highest BCUT2D eigenvalue weighted by Gasteiger charge is 2.48. The van der Waals surface area contributed by atoms with Gasteiger partial charge in [-0.25, -0.2) is 4.79 Å². The molecule has 43 heavy (non-hydrogen) atoms. The van der Waals surface area contributed by atoms with E-state index in [4.69, 9.17) is 4.74 Å². The summed E-state index contributed by atoms with van der Waals surface area (Å²) < 4.78 is 5.53. The van der Waals surface area contributed by atoms with Gasteiger partial charge in [0.05, 0.1) is 0 Å². The number of phenolic OH excluding ortho intramolecular Hbond substituents is 1. The molecule has 3 aromatic rings. The van der Waals surface area contributed by atoms with Crippen molar-refractivity contribution in [2.45, 2.75) is 85.0 Å². The van der Waals surface area contributed by atoms with Crippen LogP contribution in [0.3, 0.4) is 0 Å². The van der Waals surface area contributed by atoms with E-state index in [1.54, 1.807) is 49.9 Å². The van der Waals surface area contributed by atoms with Crippen LogP contribution in [-0.4, -0.2) is 45.6 Å². The number of carbonyl (C=O) groups is 3. The number of amides is 3. The number of aromatic hydroxyl groups is 1. The summed E-state index contributed by atoms with van der Waals surface area (Å²) >= 11 is 0. The van der Waals surface area contributed by atoms with Crippen molar-refractivity contribution in [3.8, 4) is 5.75 Å². The van der Waals surface area contributed by atoms with Crippen LogP contribution in [0.5, 0.6) is 5.75 Å². The number of phenols is 1. The number of para-hydroxylation sites is 1. The summed E-state index contributed by atoms with van der Waals surface area (Å²) in [5.74, 6) is -0.420. The van der Waals surface area contributed by atoms with E-state index < -0.39 is 23.8 Å². The molecule has 1 fully saturated rings. The molecular formula is C35H43N3O5. The lowest BCUT2D eigenvalue weighted by molar-refractivity contribution is -0.141. The highest BCUT2D eigenvalue weighted by Crippen LogP contribution is 2.42. The Morgan fingerprint density at radius 3 is 2.19 bits per heavy atom. The summed E-state index contributed by atoms with van der Waals surface area (Å²) in [4.78, 5) is 43.7. The van der Waals surface area contributed by atoms with Gasteiger partial charge in [0.1, 0.15) is 23.4 Å². The van der Waals surface area contributed by atoms with Crippen LogP contribution in [0.2, 0.25) is 0 Å². The van der Waals surface area contributed by atoms with E-state index in [2.05, 4.69) is 17.6 Å². The van der Waals surface area contributed by atoms with Gasteiger partial charge in [0.15, 0.2) is 0 Å². The van der Waals surface area contributed by atoms with Crippen LogP contribution in [0.4, 0.5) is 10.5 Å². The molecule has 1 saturated carbocycles. The first-order valence-electron chi connectivity index (χ1n) is 14.8. The average Bonchev–Trinajstić information content (AvgIpc) is 3.65. The minimum Gasteiger partial charge on any atom is -0.508 e. The van der Waals surface area contributed by atoms with Gasteiger partial charge in [-0.15, -0.1) is 0 Å². The number of nitrogens with zero attached hydrogens (tertiary/aromatic N) is 1. The van der Waals surface area contributed by atoms with Gasteiger partial charge in [0, 0.05) is 18.2 Å². The summed E-state index contributed by atoms with van der Waals surface area (Å²) in [6.07, 6.45) is 0.166. The normalized spacial score (nSPS) is 17.4. The van der Waals surface area contributed by atoms with Gasteiger partial charge in [-0.3, -0.25) is 9.59 Å². The standard InChI is InChI=1S/C35H43N3O5/c1-21-12-10-13-27(24(21)4)31(32(40)36-28-14-9-8-11-22(28)2)38(30-19-23(30)3)33(41)29(37-34(42)43-35(5,6)7)20-25-15-17-26(39)18-16-25/h8-18,23,29-31,39H,19-20H2,1-7H3,(H,36,40)(H,37,42). The SMILES string of the molecule is Cc1ccccc1NC(=O)C(c1cccc(C)c1C)N(C(=O)C(Cc1ccc(O)cc1)NC(=O)OC(C)(C)C)C1CC1C. The Labute approximate surface area is 254 Å². The molecule has 3 aromatic carbocycles. The maximum Gasteiger partial charge on any atom is 0.408 e. The summed E-state index contributed by atoms with van der Waals surface area (Å²) in [7, 11) is 0. The molecule has 0 radical (unpaired) electrons. The molecule has 228 valence electrons. The fraction of sp³-hybridized carbons (Fsp3) is 0.400. The van der Waals surface area contributed by atoms with E-state index in [1.807, 2.05) is 63.2 Å². The quantitative estimate of drug-likeness (QED) is 0.271. The third-order valence-electron chi connectivity index (χ3n) is 7.91. The zero-order valence-electron chi connectivity index (χ0n) is 26.1. The topological polar surface area (TPSA) is 108 Å². The molecule has 8 heteroatoms. The van der Waals surface area contributed by atoms with E-state index in [0.29, 0.717) is 5.69 Å². The van der Waals surface area contributed by atoms with Crippen LogP contribution in [0.25, 0.3) is 0 Å². The Bertz CT molecular complexity index is 1480. The molecule has 0 bridgehead atoms. The van der Waals surface area contributed by atoms with E-state index in [9.17, 15) is 19.5 Å². The van der Waals surface area contributed by atoms with Gasteiger partial charge in [0.2, 0.25) is 5.91 Å². The summed E-state index contributed by atoms with van der Waals surface area (Å²) in [6, 6.07) is 17.7. The first-order valence-corrected chi connectivity index (χ1v) is 14.8. The van der Waals surface area contributed by atoms with Gasteiger partial charge >= 0.3 is 6.09 Å². The molecule has 3 amide bonds. The smallest absolute Gasteiger partial charge is 0.408 e. The third-order valence-corrected chi connectivity index (χ3v) is 7.91. The molecule has 3 N–H and O–H groups in total. The molecule has 1 aliphatic rings. The van der Waals surface area contributed by atoms with Crippen molar-refractivity contribution in [3.05, 3.63) is 94.5 Å². The number of alkyl carbamates (subject to hydrolysis) is 1. The predicted octanol–water partition coefficient (Wildman–Crippen LogP) is 6.37. The number of hydrogen-bond donors (Lipinski definition) is 3. The number of hydrogen-bond acceptors (Lipinski definition) is 5. The Balaban J connectivity index is 1.79. The van der Waals surface area contributed by atoms with E-state index in [0.717, 1.165) is 34.2 Å². The van der Waals surface area contributed by atoms with Crippen molar-refractivity contribution in [3.63, 3.8) is 0 Å². The van der Waals surface area contributed by atoms with Crippen LogP contribution in [-0.2, 0) is 20.7 Å². The average molecular weight is 586 g/mol. The number of nitrogens with one attached hydrogen (secondary N) is 2. The Morgan fingerprint density at radius 2 is 1.58 bits per heavy atom. The van der Waals surface area contributed by atoms with Crippen molar-refractivity contribution < 1.29 is 24.2 Å². The maximum atomic E-state index is 14.7. The molecule has 4 unspecified atom stereocenters. The number of anilines is 1. The number of ether oxygens (including phenoxy) is 1. The Morgan fingerprint density at radius 1 is 0.953 bits per heavy atom. The fourth-order valence-electron chi connectivity index (χ4n) is 5.27. The largest absolute Gasteiger partial charge is 0.508 e. The highest BCUT2D eigenvalue weighted by atomic mass is 16.6. The van der Waals surface area contributed by atoms with Crippen molar-refractivity contribution in [2.75, 3.05) is 5.32 Å². The molecule has 1 aliphatic carbocycles. The van der Waals surface area contributed by atoms with E-state index in [1.165, 1.54) is 0 Å². The van der Waals surface area contributed by atoms with Crippen molar-refractivity contribution in [2.24, 2.45) is 5.92 Å². The van der Waals surface area contributed by atoms with Gasteiger partial charge < -0.3 is 25.4 Å². The lowest BCUT2D eigenvalue weighted by Crippen LogP contribution is -2.54. The Kier molecular flexibility index (Phi) is 9.48. The van der Waals surface area contributed by atoms with Crippen LogP contribution in [0.1, 0.15) is 68.0 Å². The van der Waals surface area contributed by atoms with Gasteiger partial charge in [-0.05, 0) is 99.9 Å². The first kappa shape index (κ1) is 31.6. The second-order valence-electron chi connectivity index (χ2n) is 12.6. The molecule has 0 heterocycles. The third kappa shape index (κ3) is 7.95. The summed E-state index contributed by atoms with van der Waals surface area (Å²) in [5.41, 5.74) is 4.22. The Hall–Kier alpha value is -4.33. The summed E-state index contributed by atoms with van der Waals surface area (Å²) in [5, 5.41) is 15.7. The molecule has 0 aromatic heterocycles. The van der Waals surface area contributed by atoms with Crippen LogP contribution in [0, 0.1) is 26.7 Å². The molecule has 4 atom stereocenters. The molecule has 8 nitrogen and oxygen atoms in total. The molecule has 0 aliphatic heterocycles.